The van der Waals surface area contributed by atoms with E-state index >= 15 is 0 Å². The van der Waals surface area contributed by atoms with Crippen molar-refractivity contribution in [3.8, 4) is 0 Å². The molecule has 106 valence electrons. The maximum Gasteiger partial charge on any atom is 0.134 e. The number of nitrogens with one attached hydrogen (secondary N) is 2. The van der Waals surface area contributed by atoms with E-state index < -0.39 is 0 Å². The van der Waals surface area contributed by atoms with Gasteiger partial charge in [-0.15, -0.1) is 0 Å². The maximum atomic E-state index is 13.6. The highest BCUT2D eigenvalue weighted by atomic mass is 19.1. The molecular formula is C15H19FN4. The number of aromatic nitrogens is 2. The molecule has 5 heteroatoms. The number of rotatable bonds is 4. The lowest BCUT2D eigenvalue weighted by molar-refractivity contribution is 0.614. The molecule has 1 aromatic carbocycles. The normalized spacial score (nSPS) is 12.1. The molecule has 1 atom stereocenters. The van der Waals surface area contributed by atoms with Gasteiger partial charge in [0.25, 0.3) is 0 Å². The first-order valence-corrected chi connectivity index (χ1v) is 6.55. The lowest BCUT2D eigenvalue weighted by atomic mass is 10.1. The Kier molecular flexibility index (Phi) is 4.17. The zero-order valence-electron chi connectivity index (χ0n) is 12.2. The fraction of sp³-hybridized carbons (Fsp3) is 0.333. The standard InChI is InChI=1S/C15H19FN4/c1-9-5-6-12(7-13(9)16)11(3)20-15-10(2)14(17-4)18-8-19-15/h5-8,11H,1-4H3,(H2,17,18,19,20). The Bertz CT molecular complexity index is 613. The van der Waals surface area contributed by atoms with Gasteiger partial charge in [-0.1, -0.05) is 12.1 Å². The highest BCUT2D eigenvalue weighted by molar-refractivity contribution is 5.56. The highest BCUT2D eigenvalue weighted by Gasteiger charge is 2.11. The Morgan fingerprint density at radius 1 is 1.15 bits per heavy atom. The van der Waals surface area contributed by atoms with Crippen molar-refractivity contribution in [2.75, 3.05) is 17.7 Å². The maximum absolute atomic E-state index is 13.6. The average molecular weight is 274 g/mol. The second-order valence-electron chi connectivity index (χ2n) is 4.82. The molecule has 4 nitrogen and oxygen atoms in total. The van der Waals surface area contributed by atoms with E-state index in [9.17, 15) is 4.39 Å². The minimum atomic E-state index is -0.188. The van der Waals surface area contributed by atoms with Crippen LogP contribution in [0.4, 0.5) is 16.0 Å². The molecule has 2 N–H and O–H groups in total. The highest BCUT2D eigenvalue weighted by Crippen LogP contribution is 2.24. The molecule has 0 amide bonds. The Balaban J connectivity index is 2.23. The first-order chi connectivity index (χ1) is 9.52. The molecular weight excluding hydrogens is 255 g/mol. The Hall–Kier alpha value is -2.17. The smallest absolute Gasteiger partial charge is 0.134 e. The fourth-order valence-corrected chi connectivity index (χ4v) is 2.01. The molecule has 0 fully saturated rings. The molecule has 1 unspecified atom stereocenters. The van der Waals surface area contributed by atoms with E-state index in [0.717, 1.165) is 22.8 Å². The van der Waals surface area contributed by atoms with Crippen molar-refractivity contribution >= 4 is 11.6 Å². The lowest BCUT2D eigenvalue weighted by Crippen LogP contribution is -2.11. The SMILES string of the molecule is CNc1ncnc(NC(C)c2ccc(C)c(F)c2)c1C. The summed E-state index contributed by atoms with van der Waals surface area (Å²) in [6.45, 7) is 5.67. The van der Waals surface area contributed by atoms with Crippen LogP contribution in [0.1, 0.15) is 29.7 Å². The van der Waals surface area contributed by atoms with Crippen molar-refractivity contribution in [1.29, 1.82) is 0 Å². The van der Waals surface area contributed by atoms with Gasteiger partial charge in [-0.2, -0.15) is 0 Å². The van der Waals surface area contributed by atoms with Gasteiger partial charge in [0.2, 0.25) is 0 Å². The summed E-state index contributed by atoms with van der Waals surface area (Å²) in [4.78, 5) is 8.38. The number of halogens is 1. The van der Waals surface area contributed by atoms with E-state index in [0.29, 0.717) is 5.56 Å². The van der Waals surface area contributed by atoms with Crippen LogP contribution in [0.15, 0.2) is 24.5 Å². The third-order valence-corrected chi connectivity index (χ3v) is 3.37. The molecule has 0 aliphatic rings. The number of nitrogens with zero attached hydrogens (tertiary/aromatic N) is 2. The number of hydrogen-bond donors (Lipinski definition) is 2. The van der Waals surface area contributed by atoms with Crippen molar-refractivity contribution in [3.63, 3.8) is 0 Å². The van der Waals surface area contributed by atoms with Gasteiger partial charge in [-0.3, -0.25) is 0 Å². The second kappa shape index (κ2) is 5.86. The summed E-state index contributed by atoms with van der Waals surface area (Å²) in [7, 11) is 1.82. The summed E-state index contributed by atoms with van der Waals surface area (Å²) in [5.41, 5.74) is 2.48. The minimum absolute atomic E-state index is 0.0385. The first-order valence-electron chi connectivity index (χ1n) is 6.55. The first kappa shape index (κ1) is 14.2. The third kappa shape index (κ3) is 2.87. The molecule has 0 radical (unpaired) electrons. The number of benzene rings is 1. The van der Waals surface area contributed by atoms with Crippen LogP contribution >= 0.6 is 0 Å². The molecule has 0 aliphatic carbocycles. The minimum Gasteiger partial charge on any atom is -0.373 e. The molecule has 0 aliphatic heterocycles. The molecule has 0 saturated heterocycles. The van der Waals surface area contributed by atoms with Crippen molar-refractivity contribution in [2.45, 2.75) is 26.8 Å². The van der Waals surface area contributed by atoms with E-state index in [1.807, 2.05) is 27.0 Å². The van der Waals surface area contributed by atoms with Crippen molar-refractivity contribution in [2.24, 2.45) is 0 Å². The summed E-state index contributed by atoms with van der Waals surface area (Å²) < 4.78 is 13.6. The number of aryl methyl sites for hydroxylation is 1. The summed E-state index contributed by atoms with van der Waals surface area (Å²) >= 11 is 0. The van der Waals surface area contributed by atoms with Gasteiger partial charge in [0.05, 0.1) is 6.04 Å². The Morgan fingerprint density at radius 2 is 1.85 bits per heavy atom. The number of hydrogen-bond acceptors (Lipinski definition) is 4. The predicted octanol–water partition coefficient (Wildman–Crippen LogP) is 3.45. The van der Waals surface area contributed by atoms with Gasteiger partial charge in [0.15, 0.2) is 0 Å². The molecule has 0 spiro atoms. The van der Waals surface area contributed by atoms with E-state index in [1.165, 1.54) is 6.33 Å². The Labute approximate surface area is 118 Å². The monoisotopic (exact) mass is 274 g/mol. The summed E-state index contributed by atoms with van der Waals surface area (Å²) in [6, 6.07) is 5.23. The summed E-state index contributed by atoms with van der Waals surface area (Å²) in [5.74, 6) is 1.34. The largest absolute Gasteiger partial charge is 0.373 e. The molecule has 2 aromatic rings. The van der Waals surface area contributed by atoms with Gasteiger partial charge < -0.3 is 10.6 Å². The summed E-state index contributed by atoms with van der Waals surface area (Å²) in [5, 5.41) is 6.30. The van der Waals surface area contributed by atoms with Gasteiger partial charge in [-0.25, -0.2) is 14.4 Å². The van der Waals surface area contributed by atoms with Crippen LogP contribution in [0, 0.1) is 19.7 Å². The van der Waals surface area contributed by atoms with Gasteiger partial charge in [0.1, 0.15) is 23.8 Å². The Morgan fingerprint density at radius 3 is 2.50 bits per heavy atom. The van der Waals surface area contributed by atoms with Crippen LogP contribution in [0.3, 0.4) is 0 Å². The van der Waals surface area contributed by atoms with Crippen LogP contribution in [0.5, 0.6) is 0 Å². The van der Waals surface area contributed by atoms with E-state index in [4.69, 9.17) is 0 Å². The second-order valence-corrected chi connectivity index (χ2v) is 4.82. The molecule has 2 rings (SSSR count). The quantitative estimate of drug-likeness (QED) is 0.896. The zero-order valence-corrected chi connectivity index (χ0v) is 12.2. The predicted molar refractivity (Wildman–Crippen MR) is 79.5 cm³/mol. The van der Waals surface area contributed by atoms with Crippen molar-refractivity contribution in [1.82, 2.24) is 9.97 Å². The van der Waals surface area contributed by atoms with Crippen LogP contribution in [-0.2, 0) is 0 Å². The lowest BCUT2D eigenvalue weighted by Gasteiger charge is -2.17. The van der Waals surface area contributed by atoms with Crippen LogP contribution < -0.4 is 10.6 Å². The van der Waals surface area contributed by atoms with Crippen molar-refractivity contribution < 1.29 is 4.39 Å². The van der Waals surface area contributed by atoms with Gasteiger partial charge >= 0.3 is 0 Å². The molecule has 0 bridgehead atoms. The van der Waals surface area contributed by atoms with E-state index in [1.54, 1.807) is 19.1 Å². The van der Waals surface area contributed by atoms with Crippen LogP contribution in [0.2, 0.25) is 0 Å². The third-order valence-electron chi connectivity index (χ3n) is 3.37. The molecule has 1 aromatic heterocycles. The van der Waals surface area contributed by atoms with Crippen molar-refractivity contribution in [3.05, 3.63) is 47.0 Å². The summed E-state index contributed by atoms with van der Waals surface area (Å²) in [6.07, 6.45) is 1.50. The average Bonchev–Trinajstić information content (AvgIpc) is 2.44. The zero-order chi connectivity index (χ0) is 14.7. The number of anilines is 2. The van der Waals surface area contributed by atoms with Crippen LogP contribution in [-0.4, -0.2) is 17.0 Å². The topological polar surface area (TPSA) is 49.8 Å². The van der Waals surface area contributed by atoms with E-state index in [2.05, 4.69) is 20.6 Å². The fourth-order valence-electron chi connectivity index (χ4n) is 2.01. The molecule has 1 heterocycles. The molecule has 0 saturated carbocycles. The molecule has 20 heavy (non-hydrogen) atoms. The van der Waals surface area contributed by atoms with Gasteiger partial charge in [0, 0.05) is 12.6 Å². The van der Waals surface area contributed by atoms with Crippen LogP contribution in [0.25, 0.3) is 0 Å². The van der Waals surface area contributed by atoms with Gasteiger partial charge in [-0.05, 0) is 38.0 Å². The van der Waals surface area contributed by atoms with E-state index in [-0.39, 0.29) is 11.9 Å².